The van der Waals surface area contributed by atoms with E-state index in [0.29, 0.717) is 0 Å². The number of amides is 2. The van der Waals surface area contributed by atoms with E-state index in [4.69, 9.17) is 15.9 Å². The summed E-state index contributed by atoms with van der Waals surface area (Å²) in [5.74, 6) is 0. The van der Waals surface area contributed by atoms with Crippen LogP contribution in [0.2, 0.25) is 0 Å². The standard InChI is InChI=1S/C5H11N3O4/c6-1-3(8-5(11)12)2-7-4(9)10/h3,7-8H,1-2,6H2,(H,9,10)(H,11,12)/t3-/m0/s1. The fourth-order valence-electron chi connectivity index (χ4n) is 0.578. The molecule has 0 aromatic carbocycles. The van der Waals surface area contributed by atoms with E-state index in [2.05, 4.69) is 5.32 Å². The van der Waals surface area contributed by atoms with Crippen LogP contribution < -0.4 is 16.4 Å². The largest absolute Gasteiger partial charge is 0.465 e. The number of nitrogens with two attached hydrogens (primary N) is 1. The van der Waals surface area contributed by atoms with Crippen LogP contribution in [0.3, 0.4) is 0 Å². The third-order valence-corrected chi connectivity index (χ3v) is 1.11. The Morgan fingerprint density at radius 1 is 1.33 bits per heavy atom. The first kappa shape index (κ1) is 10.5. The molecule has 7 heteroatoms. The normalized spacial score (nSPS) is 11.8. The summed E-state index contributed by atoms with van der Waals surface area (Å²) in [7, 11) is 0. The lowest BCUT2D eigenvalue weighted by atomic mass is 10.3. The molecule has 0 saturated heterocycles. The molecule has 0 spiro atoms. The number of nitrogens with one attached hydrogen (secondary N) is 2. The van der Waals surface area contributed by atoms with Crippen molar-refractivity contribution in [2.75, 3.05) is 13.1 Å². The van der Waals surface area contributed by atoms with Gasteiger partial charge in [0.25, 0.3) is 0 Å². The Kier molecular flexibility index (Phi) is 4.54. The summed E-state index contributed by atoms with van der Waals surface area (Å²) in [6, 6.07) is -0.585. The van der Waals surface area contributed by atoms with E-state index < -0.39 is 18.2 Å². The molecule has 1 atom stereocenters. The molecule has 6 N–H and O–H groups in total. The van der Waals surface area contributed by atoms with Gasteiger partial charge in [-0.3, -0.25) is 0 Å². The van der Waals surface area contributed by atoms with Crippen molar-refractivity contribution in [3.63, 3.8) is 0 Å². The molecule has 0 aromatic heterocycles. The number of hydrogen-bond donors (Lipinski definition) is 5. The Balaban J connectivity index is 3.67. The summed E-state index contributed by atoms with van der Waals surface area (Å²) in [6.45, 7) is 0.0186. The van der Waals surface area contributed by atoms with Crippen molar-refractivity contribution in [3.05, 3.63) is 0 Å². The zero-order valence-corrected chi connectivity index (χ0v) is 6.28. The maximum Gasteiger partial charge on any atom is 0.404 e. The van der Waals surface area contributed by atoms with Crippen molar-refractivity contribution in [2.24, 2.45) is 5.73 Å². The zero-order valence-electron chi connectivity index (χ0n) is 6.28. The molecule has 70 valence electrons. The highest BCUT2D eigenvalue weighted by atomic mass is 16.4. The van der Waals surface area contributed by atoms with Crippen LogP contribution in [0.4, 0.5) is 9.59 Å². The van der Waals surface area contributed by atoms with E-state index in [-0.39, 0.29) is 13.1 Å². The summed E-state index contributed by atoms with van der Waals surface area (Å²) in [5, 5.41) is 20.5. The molecule has 0 aliphatic heterocycles. The molecule has 0 rings (SSSR count). The molecule has 0 saturated carbocycles. The molecule has 7 nitrogen and oxygen atoms in total. The topological polar surface area (TPSA) is 125 Å². The van der Waals surface area contributed by atoms with Crippen LogP contribution >= 0.6 is 0 Å². The van der Waals surface area contributed by atoms with Gasteiger partial charge < -0.3 is 26.6 Å². The molecule has 0 aromatic rings. The molecule has 0 aliphatic rings. The number of rotatable bonds is 4. The second-order valence-electron chi connectivity index (χ2n) is 2.07. The summed E-state index contributed by atoms with van der Waals surface area (Å²) in [6.07, 6.45) is -2.43. The molecular weight excluding hydrogens is 166 g/mol. The molecule has 0 bridgehead atoms. The number of carbonyl (C=O) groups is 2. The maximum absolute atomic E-state index is 10.1. The van der Waals surface area contributed by atoms with Gasteiger partial charge in [0, 0.05) is 13.1 Å². The fourth-order valence-corrected chi connectivity index (χ4v) is 0.578. The van der Waals surface area contributed by atoms with E-state index in [1.54, 1.807) is 0 Å². The van der Waals surface area contributed by atoms with Gasteiger partial charge in [0.05, 0.1) is 6.04 Å². The Hall–Kier alpha value is -1.50. The first-order valence-corrected chi connectivity index (χ1v) is 3.22. The van der Waals surface area contributed by atoms with Crippen molar-refractivity contribution in [1.82, 2.24) is 10.6 Å². The van der Waals surface area contributed by atoms with Crippen molar-refractivity contribution < 1.29 is 19.8 Å². The summed E-state index contributed by atoms with van der Waals surface area (Å²) >= 11 is 0. The van der Waals surface area contributed by atoms with E-state index in [1.807, 2.05) is 5.32 Å². The number of carboxylic acid groups (broad SMARTS) is 2. The van der Waals surface area contributed by atoms with Crippen LogP contribution in [0.25, 0.3) is 0 Å². The predicted molar refractivity (Wildman–Crippen MR) is 40.0 cm³/mol. The summed E-state index contributed by atoms with van der Waals surface area (Å²) < 4.78 is 0. The minimum Gasteiger partial charge on any atom is -0.465 e. The second-order valence-corrected chi connectivity index (χ2v) is 2.07. The summed E-state index contributed by atoms with van der Waals surface area (Å²) in [4.78, 5) is 20.0. The van der Waals surface area contributed by atoms with Gasteiger partial charge in [0.15, 0.2) is 0 Å². The van der Waals surface area contributed by atoms with E-state index in [1.165, 1.54) is 0 Å². The van der Waals surface area contributed by atoms with Crippen LogP contribution in [0.5, 0.6) is 0 Å². The first-order chi connectivity index (χ1) is 5.56. The second kappa shape index (κ2) is 5.19. The van der Waals surface area contributed by atoms with Crippen molar-refractivity contribution in [3.8, 4) is 0 Å². The predicted octanol–water partition coefficient (Wildman–Crippen LogP) is -1.15. The Morgan fingerprint density at radius 3 is 2.25 bits per heavy atom. The highest BCUT2D eigenvalue weighted by molar-refractivity contribution is 5.66. The van der Waals surface area contributed by atoms with Crippen LogP contribution in [-0.4, -0.2) is 41.5 Å². The van der Waals surface area contributed by atoms with Gasteiger partial charge in [-0.05, 0) is 0 Å². The monoisotopic (exact) mass is 177 g/mol. The van der Waals surface area contributed by atoms with Crippen LogP contribution in [0.1, 0.15) is 0 Å². The molecule has 0 radical (unpaired) electrons. The smallest absolute Gasteiger partial charge is 0.404 e. The minimum absolute atomic E-state index is 0.0296. The van der Waals surface area contributed by atoms with Gasteiger partial charge >= 0.3 is 12.2 Å². The lowest BCUT2D eigenvalue weighted by molar-refractivity contribution is 0.184. The van der Waals surface area contributed by atoms with Crippen molar-refractivity contribution in [1.29, 1.82) is 0 Å². The molecule has 0 unspecified atom stereocenters. The fraction of sp³-hybridized carbons (Fsp3) is 0.600. The van der Waals surface area contributed by atoms with Gasteiger partial charge in [-0.1, -0.05) is 0 Å². The van der Waals surface area contributed by atoms with Crippen molar-refractivity contribution >= 4 is 12.2 Å². The van der Waals surface area contributed by atoms with Crippen molar-refractivity contribution in [2.45, 2.75) is 6.04 Å². The highest BCUT2D eigenvalue weighted by Gasteiger charge is 2.09. The quantitative estimate of drug-likeness (QED) is 0.370. The first-order valence-electron chi connectivity index (χ1n) is 3.22. The molecule has 2 amide bonds. The Morgan fingerprint density at radius 2 is 1.92 bits per heavy atom. The lowest BCUT2D eigenvalue weighted by Crippen LogP contribution is -2.47. The van der Waals surface area contributed by atoms with E-state index >= 15 is 0 Å². The van der Waals surface area contributed by atoms with Crippen LogP contribution in [0.15, 0.2) is 0 Å². The van der Waals surface area contributed by atoms with Gasteiger partial charge in [-0.15, -0.1) is 0 Å². The molecule has 12 heavy (non-hydrogen) atoms. The molecule has 0 heterocycles. The zero-order chi connectivity index (χ0) is 9.56. The van der Waals surface area contributed by atoms with E-state index in [0.717, 1.165) is 0 Å². The Labute approximate surface area is 68.6 Å². The van der Waals surface area contributed by atoms with Crippen LogP contribution in [0, 0.1) is 0 Å². The summed E-state index contributed by atoms with van der Waals surface area (Å²) in [5.41, 5.74) is 5.15. The molecular formula is C5H11N3O4. The van der Waals surface area contributed by atoms with Gasteiger partial charge in [-0.25, -0.2) is 9.59 Å². The van der Waals surface area contributed by atoms with Gasteiger partial charge in [0.2, 0.25) is 0 Å². The third kappa shape index (κ3) is 5.30. The lowest BCUT2D eigenvalue weighted by Gasteiger charge is -2.13. The van der Waals surface area contributed by atoms with Crippen LogP contribution in [-0.2, 0) is 0 Å². The molecule has 0 fully saturated rings. The SMILES string of the molecule is NC[C@@H](CNC(=O)O)NC(=O)O. The molecule has 0 aliphatic carbocycles. The third-order valence-electron chi connectivity index (χ3n) is 1.11. The van der Waals surface area contributed by atoms with E-state index in [9.17, 15) is 9.59 Å². The average molecular weight is 177 g/mol. The highest BCUT2D eigenvalue weighted by Crippen LogP contribution is 1.77. The minimum atomic E-state index is -1.22. The average Bonchev–Trinajstić information content (AvgIpc) is 1.97. The number of hydrogen-bond acceptors (Lipinski definition) is 3. The van der Waals surface area contributed by atoms with Gasteiger partial charge in [-0.2, -0.15) is 0 Å². The van der Waals surface area contributed by atoms with Gasteiger partial charge in [0.1, 0.15) is 0 Å². The maximum atomic E-state index is 10.1. The Bertz CT molecular complexity index is 172.